The molecule has 17 heteroatoms. The zero-order valence-corrected chi connectivity index (χ0v) is 34.1. The number of rotatable bonds is 24. The maximum atomic E-state index is 14.0. The minimum absolute atomic E-state index is 0.00987. The number of unbranched alkanes of at least 4 members (excludes halogenated alkanes) is 2. The van der Waals surface area contributed by atoms with E-state index in [9.17, 15) is 39.0 Å². The van der Waals surface area contributed by atoms with E-state index < -0.39 is 65.7 Å². The van der Waals surface area contributed by atoms with Crippen LogP contribution >= 0.6 is 15.9 Å². The summed E-state index contributed by atoms with van der Waals surface area (Å²) < 4.78 is 0. The number of halogens is 1. The molecule has 0 radical (unpaired) electrons. The van der Waals surface area contributed by atoms with Crippen LogP contribution in [0.1, 0.15) is 97.5 Å². The highest BCUT2D eigenvalue weighted by atomic mass is 79.9. The van der Waals surface area contributed by atoms with Gasteiger partial charge in [-0.2, -0.15) is 0 Å². The molecule has 308 valence electrons. The van der Waals surface area contributed by atoms with Crippen molar-refractivity contribution >= 4 is 57.4 Å². The van der Waals surface area contributed by atoms with E-state index in [4.69, 9.17) is 11.5 Å². The van der Waals surface area contributed by atoms with Crippen molar-refractivity contribution in [2.45, 2.75) is 129 Å². The smallest absolute Gasteiger partial charge is 0.326 e. The van der Waals surface area contributed by atoms with E-state index >= 15 is 0 Å². The van der Waals surface area contributed by atoms with Crippen molar-refractivity contribution < 1.29 is 39.0 Å². The Morgan fingerprint density at radius 2 is 1.60 bits per heavy atom. The number of carboxylic acids is 1. The second-order valence-corrected chi connectivity index (χ2v) is 15.4. The van der Waals surface area contributed by atoms with Gasteiger partial charge in [0.15, 0.2) is 5.96 Å². The molecule has 0 unspecified atom stereocenters. The van der Waals surface area contributed by atoms with E-state index in [0.717, 1.165) is 18.2 Å². The third-order valence-corrected chi connectivity index (χ3v) is 10.1. The third kappa shape index (κ3) is 16.5. The number of guanidine groups is 1. The number of nitrogens with zero attached hydrogens (tertiary/aromatic N) is 2. The fraction of sp³-hybridized carbons (Fsp3) is 0.658. The van der Waals surface area contributed by atoms with Crippen LogP contribution < -0.4 is 32.7 Å². The van der Waals surface area contributed by atoms with Crippen LogP contribution in [0.3, 0.4) is 0 Å². The topological polar surface area (TPSA) is 259 Å². The molecular weight excluding hydrogens is 776 g/mol. The second-order valence-electron chi connectivity index (χ2n) is 14.6. The number of amides is 5. The number of carbonyl (C=O) groups excluding carboxylic acids is 5. The molecule has 1 aliphatic heterocycles. The van der Waals surface area contributed by atoms with Gasteiger partial charge in [0.1, 0.15) is 36.0 Å². The molecule has 1 fully saturated rings. The summed E-state index contributed by atoms with van der Waals surface area (Å²) in [4.78, 5) is 85.8. The highest BCUT2D eigenvalue weighted by Crippen LogP contribution is 2.21. The number of aromatic hydroxyl groups is 1. The Kier molecular flexibility index (Phi) is 20.5. The number of phenols is 1. The summed E-state index contributed by atoms with van der Waals surface area (Å²) in [7, 11) is 0. The van der Waals surface area contributed by atoms with Gasteiger partial charge in [-0.25, -0.2) is 4.79 Å². The Balaban J connectivity index is 2.34. The maximum Gasteiger partial charge on any atom is 0.326 e. The van der Waals surface area contributed by atoms with Gasteiger partial charge in [0.05, 0.1) is 0 Å². The number of nitrogens with two attached hydrogens (primary N) is 2. The van der Waals surface area contributed by atoms with Gasteiger partial charge in [-0.15, -0.1) is 0 Å². The molecule has 1 saturated heterocycles. The molecule has 0 saturated carbocycles. The molecule has 1 aromatic carbocycles. The highest BCUT2D eigenvalue weighted by molar-refractivity contribution is 9.09. The van der Waals surface area contributed by atoms with Crippen molar-refractivity contribution in [1.29, 1.82) is 0 Å². The maximum absolute atomic E-state index is 14.0. The van der Waals surface area contributed by atoms with Gasteiger partial charge < -0.3 is 47.8 Å². The van der Waals surface area contributed by atoms with Gasteiger partial charge in [0, 0.05) is 31.3 Å². The average molecular weight is 838 g/mol. The Bertz CT molecular complexity index is 1460. The Labute approximate surface area is 332 Å². The van der Waals surface area contributed by atoms with Gasteiger partial charge in [-0.05, 0) is 74.5 Å². The van der Waals surface area contributed by atoms with Crippen LogP contribution in [0.5, 0.6) is 5.75 Å². The molecule has 1 heterocycles. The van der Waals surface area contributed by atoms with E-state index in [0.29, 0.717) is 37.7 Å². The largest absolute Gasteiger partial charge is 0.508 e. The van der Waals surface area contributed by atoms with Gasteiger partial charge >= 0.3 is 5.97 Å². The number of aliphatic imine (C=N–C) groups is 1. The van der Waals surface area contributed by atoms with E-state index in [1.807, 2.05) is 20.8 Å². The molecule has 1 aliphatic rings. The van der Waals surface area contributed by atoms with E-state index in [1.54, 1.807) is 19.1 Å². The van der Waals surface area contributed by atoms with Gasteiger partial charge in [0.25, 0.3) is 0 Å². The zero-order chi connectivity index (χ0) is 41.1. The SMILES string of the molecule is CC[C@H](C)[C@H](NC(=O)[C@H](Cc1ccc(O)cc1)NC(=O)[C@@H]1CCCN1C(=O)[C@H](CCCN=C(N)N)NC(=O)CCCCCBr)C(=O)N[C@@H](CC(C)C)C(=O)O. The first-order valence-corrected chi connectivity index (χ1v) is 20.3. The van der Waals surface area contributed by atoms with Crippen LogP contribution in [0.25, 0.3) is 0 Å². The summed E-state index contributed by atoms with van der Waals surface area (Å²) in [5.74, 6) is -4.32. The fourth-order valence-electron chi connectivity index (χ4n) is 6.34. The predicted octanol–water partition coefficient (Wildman–Crippen LogP) is 2.05. The predicted molar refractivity (Wildman–Crippen MR) is 213 cm³/mol. The van der Waals surface area contributed by atoms with Crippen LogP contribution in [0, 0.1) is 11.8 Å². The van der Waals surface area contributed by atoms with Crippen LogP contribution in [0.15, 0.2) is 29.3 Å². The molecule has 5 amide bonds. The summed E-state index contributed by atoms with van der Waals surface area (Å²) in [6.07, 6.45) is 4.77. The minimum Gasteiger partial charge on any atom is -0.508 e. The lowest BCUT2D eigenvalue weighted by Crippen LogP contribution is -2.60. The number of likely N-dealkylation sites (tertiary alicyclic amines) is 1. The Morgan fingerprint density at radius 1 is 0.909 bits per heavy atom. The Morgan fingerprint density at radius 3 is 2.20 bits per heavy atom. The minimum atomic E-state index is -1.21. The normalized spacial score (nSPS) is 16.6. The number of phenolic OH excluding ortho intramolecular Hbond substituents is 1. The monoisotopic (exact) mass is 836 g/mol. The van der Waals surface area contributed by atoms with E-state index in [1.165, 1.54) is 17.0 Å². The number of aliphatic carboxylic acids is 1. The molecule has 1 aromatic rings. The van der Waals surface area contributed by atoms with Crippen molar-refractivity contribution in [2.75, 3.05) is 18.4 Å². The highest BCUT2D eigenvalue weighted by Gasteiger charge is 2.39. The molecule has 0 aliphatic carbocycles. The van der Waals surface area contributed by atoms with Crippen molar-refractivity contribution in [3.8, 4) is 5.75 Å². The molecular formula is C38H61BrN8O8. The van der Waals surface area contributed by atoms with Crippen molar-refractivity contribution in [1.82, 2.24) is 26.2 Å². The number of hydrogen-bond donors (Lipinski definition) is 8. The molecule has 6 atom stereocenters. The first-order chi connectivity index (χ1) is 26.1. The van der Waals surface area contributed by atoms with E-state index in [-0.39, 0.29) is 62.3 Å². The van der Waals surface area contributed by atoms with Crippen LogP contribution in [0.4, 0.5) is 0 Å². The van der Waals surface area contributed by atoms with Crippen LogP contribution in [0.2, 0.25) is 0 Å². The third-order valence-electron chi connectivity index (χ3n) is 9.58. The number of carbonyl (C=O) groups is 6. The number of benzene rings is 1. The number of nitrogens with one attached hydrogen (secondary N) is 4. The lowest BCUT2D eigenvalue weighted by atomic mass is 9.96. The summed E-state index contributed by atoms with van der Waals surface area (Å²) >= 11 is 3.38. The summed E-state index contributed by atoms with van der Waals surface area (Å²) in [6, 6.07) is 0.741. The van der Waals surface area contributed by atoms with Gasteiger partial charge in [-0.3, -0.25) is 29.0 Å². The molecule has 55 heavy (non-hydrogen) atoms. The van der Waals surface area contributed by atoms with Crippen molar-refractivity contribution in [3.63, 3.8) is 0 Å². The number of alkyl halides is 1. The fourth-order valence-corrected chi connectivity index (χ4v) is 6.74. The van der Waals surface area contributed by atoms with Crippen LogP contribution in [-0.2, 0) is 35.2 Å². The first kappa shape index (κ1) is 46.7. The molecule has 16 nitrogen and oxygen atoms in total. The standard InChI is InChI=1S/C38H61BrN8O8/c1-5-24(4)32(35(52)45-29(37(54)55)21-23(2)3)46-33(50)28(22-25-14-16-26(48)17-15-25)44-34(51)30-12-10-20-47(30)36(53)27(11-9-19-42-38(40)41)43-31(49)13-7-6-8-18-39/h14-17,23-24,27-30,32,48H,5-13,18-22H2,1-4H3,(H,43,49)(H,44,51)(H,45,52)(H,46,50)(H,54,55)(H4,40,41,42)/t24-,27-,28-,29-,30-,32-/m0/s1. The second kappa shape index (κ2) is 24.2. The summed E-state index contributed by atoms with van der Waals surface area (Å²) in [5.41, 5.74) is 11.5. The number of carboxylic acid groups (broad SMARTS) is 1. The molecule has 0 aromatic heterocycles. The van der Waals surface area contributed by atoms with Crippen LogP contribution in [-0.4, -0.2) is 105 Å². The number of hydrogen-bond acceptors (Lipinski definition) is 8. The Hall–Kier alpha value is -4.41. The average Bonchev–Trinajstić information content (AvgIpc) is 3.63. The molecule has 10 N–H and O–H groups in total. The zero-order valence-electron chi connectivity index (χ0n) is 32.5. The summed E-state index contributed by atoms with van der Waals surface area (Å²) in [6.45, 7) is 7.78. The van der Waals surface area contributed by atoms with Crippen molar-refractivity contribution in [3.05, 3.63) is 29.8 Å². The van der Waals surface area contributed by atoms with Gasteiger partial charge in [0.2, 0.25) is 29.5 Å². The summed E-state index contributed by atoms with van der Waals surface area (Å²) in [5, 5.41) is 31.4. The molecule has 0 bridgehead atoms. The lowest BCUT2D eigenvalue weighted by Gasteiger charge is -2.31. The quantitative estimate of drug-likeness (QED) is 0.0325. The molecule has 2 rings (SSSR count). The first-order valence-electron chi connectivity index (χ1n) is 19.2. The van der Waals surface area contributed by atoms with E-state index in [2.05, 4.69) is 42.2 Å². The van der Waals surface area contributed by atoms with Gasteiger partial charge in [-0.1, -0.05) is 68.6 Å². The molecule has 0 spiro atoms. The van der Waals surface area contributed by atoms with Crippen molar-refractivity contribution in [2.24, 2.45) is 28.3 Å². The lowest BCUT2D eigenvalue weighted by molar-refractivity contribution is -0.143.